The van der Waals surface area contributed by atoms with Crippen LogP contribution in [0, 0.1) is 5.92 Å². The first-order chi connectivity index (χ1) is 8.22. The molecule has 1 heterocycles. The molecule has 2 aromatic rings. The molecule has 90 valence electrons. The maximum absolute atomic E-state index is 4.69. The van der Waals surface area contributed by atoms with Gasteiger partial charge in [-0.25, -0.2) is 4.98 Å². The lowest BCUT2D eigenvalue weighted by atomic mass is 10.0. The fraction of sp³-hybridized carbons (Fsp3) is 0.429. The highest BCUT2D eigenvalue weighted by Gasteiger charge is 2.16. The van der Waals surface area contributed by atoms with Crippen LogP contribution in [0.2, 0.25) is 0 Å². The molecule has 0 aliphatic rings. The summed E-state index contributed by atoms with van der Waals surface area (Å²) < 4.78 is 0. The largest absolute Gasteiger partial charge is 0.309 e. The monoisotopic (exact) mass is 229 g/mol. The van der Waals surface area contributed by atoms with Crippen molar-refractivity contribution in [1.82, 2.24) is 15.3 Å². The molecule has 2 rings (SSSR count). The maximum atomic E-state index is 4.69. The van der Waals surface area contributed by atoms with E-state index in [9.17, 15) is 0 Å². The van der Waals surface area contributed by atoms with Gasteiger partial charge < -0.3 is 5.32 Å². The van der Waals surface area contributed by atoms with E-state index in [1.54, 1.807) is 0 Å². The summed E-state index contributed by atoms with van der Waals surface area (Å²) in [6, 6.07) is 8.26. The van der Waals surface area contributed by atoms with Gasteiger partial charge in [0.1, 0.15) is 0 Å². The van der Waals surface area contributed by atoms with Gasteiger partial charge in [-0.1, -0.05) is 32.9 Å². The van der Waals surface area contributed by atoms with Crippen molar-refractivity contribution in [1.29, 1.82) is 0 Å². The van der Waals surface area contributed by atoms with Gasteiger partial charge in [0.15, 0.2) is 0 Å². The minimum atomic E-state index is 0.275. The number of nitrogens with one attached hydrogen (secondary N) is 1. The van der Waals surface area contributed by atoms with Gasteiger partial charge in [0, 0.05) is 0 Å². The molecule has 0 spiro atoms. The number of benzene rings is 1. The van der Waals surface area contributed by atoms with E-state index >= 15 is 0 Å². The smallest absolute Gasteiger partial charge is 0.0890 e. The summed E-state index contributed by atoms with van der Waals surface area (Å²) in [5.41, 5.74) is 2.95. The second kappa shape index (κ2) is 5.23. The van der Waals surface area contributed by atoms with E-state index < -0.39 is 0 Å². The summed E-state index contributed by atoms with van der Waals surface area (Å²) in [7, 11) is 0. The molecule has 3 nitrogen and oxygen atoms in total. The molecule has 0 saturated heterocycles. The molecular weight excluding hydrogens is 210 g/mol. The van der Waals surface area contributed by atoms with Crippen LogP contribution in [0.15, 0.2) is 30.5 Å². The lowest BCUT2D eigenvalue weighted by molar-refractivity contribution is 0.413. The van der Waals surface area contributed by atoms with E-state index in [1.165, 1.54) is 0 Å². The zero-order chi connectivity index (χ0) is 12.3. The normalized spacial score (nSPS) is 13.2. The van der Waals surface area contributed by atoms with E-state index in [1.807, 2.05) is 30.5 Å². The molecule has 1 aromatic heterocycles. The SMILES string of the molecule is CCNC(c1cnc2ccccc2n1)C(C)C. The maximum Gasteiger partial charge on any atom is 0.0890 e. The van der Waals surface area contributed by atoms with Gasteiger partial charge in [0.2, 0.25) is 0 Å². The number of hydrogen-bond acceptors (Lipinski definition) is 3. The highest BCUT2D eigenvalue weighted by atomic mass is 15.0. The Bertz CT molecular complexity index is 494. The first-order valence-corrected chi connectivity index (χ1v) is 6.17. The van der Waals surface area contributed by atoms with E-state index in [4.69, 9.17) is 4.98 Å². The topological polar surface area (TPSA) is 37.8 Å². The zero-order valence-electron chi connectivity index (χ0n) is 10.6. The van der Waals surface area contributed by atoms with Crippen molar-refractivity contribution in [3.63, 3.8) is 0 Å². The molecule has 1 N–H and O–H groups in total. The molecule has 0 saturated carbocycles. The summed E-state index contributed by atoms with van der Waals surface area (Å²) in [5.74, 6) is 0.505. The number of nitrogens with zero attached hydrogens (tertiary/aromatic N) is 2. The summed E-state index contributed by atoms with van der Waals surface area (Å²) in [6.45, 7) is 7.45. The van der Waals surface area contributed by atoms with Gasteiger partial charge in [-0.15, -0.1) is 0 Å². The molecule has 0 amide bonds. The molecule has 0 aliphatic carbocycles. The van der Waals surface area contributed by atoms with Crippen LogP contribution in [0.5, 0.6) is 0 Å². The summed E-state index contributed by atoms with van der Waals surface area (Å²) in [4.78, 5) is 9.15. The molecule has 0 radical (unpaired) electrons. The predicted molar refractivity (Wildman–Crippen MR) is 70.8 cm³/mol. The number of aromatic nitrogens is 2. The van der Waals surface area contributed by atoms with E-state index in [0.29, 0.717) is 5.92 Å². The Hall–Kier alpha value is -1.48. The highest BCUT2D eigenvalue weighted by Crippen LogP contribution is 2.20. The Morgan fingerprint density at radius 1 is 1.18 bits per heavy atom. The predicted octanol–water partition coefficient (Wildman–Crippen LogP) is 2.94. The van der Waals surface area contributed by atoms with Gasteiger partial charge in [-0.2, -0.15) is 0 Å². The van der Waals surface area contributed by atoms with Gasteiger partial charge in [0.25, 0.3) is 0 Å². The lowest BCUT2D eigenvalue weighted by Gasteiger charge is -2.21. The van der Waals surface area contributed by atoms with E-state index in [0.717, 1.165) is 23.3 Å². The Morgan fingerprint density at radius 3 is 2.53 bits per heavy atom. The van der Waals surface area contributed by atoms with E-state index in [-0.39, 0.29) is 6.04 Å². The lowest BCUT2D eigenvalue weighted by Crippen LogP contribution is -2.26. The molecule has 1 unspecified atom stereocenters. The average Bonchev–Trinajstić information content (AvgIpc) is 2.35. The van der Waals surface area contributed by atoms with Gasteiger partial charge in [-0.3, -0.25) is 4.98 Å². The average molecular weight is 229 g/mol. The van der Waals surface area contributed by atoms with Crippen molar-refractivity contribution in [2.24, 2.45) is 5.92 Å². The van der Waals surface area contributed by atoms with Crippen LogP contribution in [0.1, 0.15) is 32.5 Å². The first-order valence-electron chi connectivity index (χ1n) is 6.17. The first kappa shape index (κ1) is 12.0. The second-order valence-corrected chi connectivity index (χ2v) is 4.56. The van der Waals surface area contributed by atoms with Crippen molar-refractivity contribution >= 4 is 11.0 Å². The molecule has 0 bridgehead atoms. The number of fused-ring (bicyclic) bond motifs is 1. The standard InChI is InChI=1S/C14H19N3/c1-4-15-14(10(2)3)13-9-16-11-7-5-6-8-12(11)17-13/h5-10,14-15H,4H2,1-3H3. The molecule has 0 fully saturated rings. The Morgan fingerprint density at radius 2 is 1.88 bits per heavy atom. The van der Waals surface area contributed by atoms with E-state index in [2.05, 4.69) is 31.1 Å². The summed E-state index contributed by atoms with van der Waals surface area (Å²) in [5, 5.41) is 3.46. The fourth-order valence-corrected chi connectivity index (χ4v) is 2.02. The Balaban J connectivity index is 2.40. The third kappa shape index (κ3) is 2.61. The van der Waals surface area contributed by atoms with Crippen molar-refractivity contribution in [2.45, 2.75) is 26.8 Å². The molecule has 0 aliphatic heterocycles. The number of hydrogen-bond donors (Lipinski definition) is 1. The zero-order valence-corrected chi connectivity index (χ0v) is 10.6. The molecule has 17 heavy (non-hydrogen) atoms. The minimum absolute atomic E-state index is 0.275. The summed E-state index contributed by atoms with van der Waals surface area (Å²) >= 11 is 0. The Kier molecular flexibility index (Phi) is 3.69. The van der Waals surface area contributed by atoms with Crippen LogP contribution in [-0.2, 0) is 0 Å². The number of rotatable bonds is 4. The van der Waals surface area contributed by atoms with Crippen LogP contribution >= 0.6 is 0 Å². The quantitative estimate of drug-likeness (QED) is 0.876. The third-order valence-corrected chi connectivity index (χ3v) is 2.88. The van der Waals surface area contributed by atoms with Crippen LogP contribution in [0.25, 0.3) is 11.0 Å². The third-order valence-electron chi connectivity index (χ3n) is 2.88. The van der Waals surface area contributed by atoms with Crippen molar-refractivity contribution in [2.75, 3.05) is 6.54 Å². The van der Waals surface area contributed by atoms with Gasteiger partial charge >= 0.3 is 0 Å². The molecule has 3 heteroatoms. The van der Waals surface area contributed by atoms with Crippen LogP contribution < -0.4 is 5.32 Å². The van der Waals surface area contributed by atoms with Crippen LogP contribution in [0.3, 0.4) is 0 Å². The summed E-state index contributed by atoms with van der Waals surface area (Å²) in [6.07, 6.45) is 1.88. The number of para-hydroxylation sites is 2. The van der Waals surface area contributed by atoms with Crippen molar-refractivity contribution < 1.29 is 0 Å². The molecule has 1 atom stereocenters. The second-order valence-electron chi connectivity index (χ2n) is 4.56. The molecule has 1 aromatic carbocycles. The fourth-order valence-electron chi connectivity index (χ4n) is 2.02. The van der Waals surface area contributed by atoms with Crippen molar-refractivity contribution in [3.05, 3.63) is 36.2 Å². The highest BCUT2D eigenvalue weighted by molar-refractivity contribution is 5.73. The van der Waals surface area contributed by atoms with Crippen LogP contribution in [0.4, 0.5) is 0 Å². The minimum Gasteiger partial charge on any atom is -0.309 e. The van der Waals surface area contributed by atoms with Gasteiger partial charge in [-0.05, 0) is 24.6 Å². The van der Waals surface area contributed by atoms with Gasteiger partial charge in [0.05, 0.1) is 29.0 Å². The van der Waals surface area contributed by atoms with Crippen LogP contribution in [-0.4, -0.2) is 16.5 Å². The Labute approximate surface area is 102 Å². The molecular formula is C14H19N3. The van der Waals surface area contributed by atoms with Crippen molar-refractivity contribution in [3.8, 4) is 0 Å².